The van der Waals surface area contributed by atoms with Crippen molar-refractivity contribution in [2.75, 3.05) is 6.54 Å². The lowest BCUT2D eigenvalue weighted by molar-refractivity contribution is -0.172. The molecule has 0 aliphatic rings. The van der Waals surface area contributed by atoms with E-state index in [1.165, 1.54) is 6.92 Å². The SMILES string of the molecule is CC(=O)N(C(=O)C(C)Oc1ccccc1)[C@](CCCN=C(N)N)(NCc1ccc(Cl)c(Cl)c1)C(=O)O. The number of nitrogens with one attached hydrogen (secondary N) is 1. The number of carboxylic acid groups (broad SMARTS) is 1. The van der Waals surface area contributed by atoms with Crippen molar-refractivity contribution in [1.29, 1.82) is 0 Å². The quantitative estimate of drug-likeness (QED) is 0.139. The zero-order valence-corrected chi connectivity index (χ0v) is 21.4. The van der Waals surface area contributed by atoms with Crippen molar-refractivity contribution in [3.63, 3.8) is 0 Å². The smallest absolute Gasteiger partial charge is 0.345 e. The van der Waals surface area contributed by atoms with Gasteiger partial charge in [0.25, 0.3) is 5.91 Å². The van der Waals surface area contributed by atoms with E-state index < -0.39 is 29.6 Å². The van der Waals surface area contributed by atoms with Crippen molar-refractivity contribution in [3.8, 4) is 5.75 Å². The van der Waals surface area contributed by atoms with Gasteiger partial charge in [0, 0.05) is 20.0 Å². The lowest BCUT2D eigenvalue weighted by Gasteiger charge is -2.40. The Bertz CT molecular complexity index is 1110. The van der Waals surface area contributed by atoms with E-state index in [1.807, 2.05) is 0 Å². The van der Waals surface area contributed by atoms with Gasteiger partial charge in [0.05, 0.1) is 10.0 Å². The van der Waals surface area contributed by atoms with Gasteiger partial charge in [-0.25, -0.2) is 9.69 Å². The number of hydrogen-bond acceptors (Lipinski definition) is 6. The number of guanidine groups is 1. The number of aliphatic imine (C=N–C) groups is 1. The first-order valence-electron chi connectivity index (χ1n) is 11.0. The number of hydrogen-bond donors (Lipinski definition) is 4. The zero-order chi connectivity index (χ0) is 26.9. The number of nitrogens with two attached hydrogens (primary N) is 2. The van der Waals surface area contributed by atoms with Gasteiger partial charge < -0.3 is 21.3 Å². The van der Waals surface area contributed by atoms with Crippen LogP contribution in [0, 0.1) is 0 Å². The molecule has 6 N–H and O–H groups in total. The molecule has 2 rings (SSSR count). The molecule has 0 bridgehead atoms. The summed E-state index contributed by atoms with van der Waals surface area (Å²) in [5.74, 6) is -2.84. The van der Waals surface area contributed by atoms with E-state index in [0.717, 1.165) is 6.92 Å². The Morgan fingerprint density at radius 3 is 2.36 bits per heavy atom. The predicted molar refractivity (Wildman–Crippen MR) is 138 cm³/mol. The highest BCUT2D eigenvalue weighted by Crippen LogP contribution is 2.26. The Morgan fingerprint density at radius 2 is 1.81 bits per heavy atom. The molecule has 194 valence electrons. The van der Waals surface area contributed by atoms with E-state index in [9.17, 15) is 19.5 Å². The third-order valence-electron chi connectivity index (χ3n) is 5.23. The van der Waals surface area contributed by atoms with Gasteiger partial charge in [0.2, 0.25) is 5.91 Å². The Kier molecular flexibility index (Phi) is 10.5. The summed E-state index contributed by atoms with van der Waals surface area (Å²) in [7, 11) is 0. The van der Waals surface area contributed by atoms with Crippen molar-refractivity contribution in [2.45, 2.75) is 45.0 Å². The normalized spacial score (nSPS) is 13.2. The first-order chi connectivity index (χ1) is 17.0. The molecule has 10 nitrogen and oxygen atoms in total. The summed E-state index contributed by atoms with van der Waals surface area (Å²) in [6.45, 7) is 2.59. The monoisotopic (exact) mass is 537 g/mol. The van der Waals surface area contributed by atoms with Gasteiger partial charge in [-0.3, -0.25) is 19.9 Å². The Balaban J connectivity index is 2.44. The van der Waals surface area contributed by atoms with Crippen molar-refractivity contribution in [1.82, 2.24) is 10.2 Å². The van der Waals surface area contributed by atoms with Crippen molar-refractivity contribution < 1.29 is 24.2 Å². The number of carbonyl (C=O) groups is 3. The summed E-state index contributed by atoms with van der Waals surface area (Å²) in [5, 5.41) is 13.8. The molecule has 0 aliphatic heterocycles. The van der Waals surface area contributed by atoms with Crippen LogP contribution < -0.4 is 21.5 Å². The highest BCUT2D eigenvalue weighted by Gasteiger charge is 2.49. The fourth-order valence-electron chi connectivity index (χ4n) is 3.55. The molecule has 12 heteroatoms. The van der Waals surface area contributed by atoms with Gasteiger partial charge in [-0.1, -0.05) is 47.5 Å². The molecule has 0 heterocycles. The molecule has 0 saturated carbocycles. The number of halogens is 2. The summed E-state index contributed by atoms with van der Waals surface area (Å²) in [6.07, 6.45) is -1.22. The van der Waals surface area contributed by atoms with Crippen LogP contribution in [0.5, 0.6) is 5.75 Å². The minimum absolute atomic E-state index is 0.0452. The molecule has 2 amide bonds. The van der Waals surface area contributed by atoms with E-state index in [-0.39, 0.29) is 36.9 Å². The zero-order valence-electron chi connectivity index (χ0n) is 19.9. The number of carboxylic acids is 1. The molecule has 2 aromatic rings. The largest absolute Gasteiger partial charge is 0.481 e. The molecule has 0 saturated heterocycles. The molecule has 0 radical (unpaired) electrons. The van der Waals surface area contributed by atoms with Crippen LogP contribution in [0.15, 0.2) is 53.5 Å². The molecule has 0 spiro atoms. The first-order valence-corrected chi connectivity index (χ1v) is 11.8. The maximum Gasteiger partial charge on any atom is 0.345 e. The summed E-state index contributed by atoms with van der Waals surface area (Å²) < 4.78 is 5.68. The van der Waals surface area contributed by atoms with E-state index in [2.05, 4.69) is 10.3 Å². The van der Waals surface area contributed by atoms with Gasteiger partial charge in [0.1, 0.15) is 5.75 Å². The van der Waals surface area contributed by atoms with Crippen LogP contribution >= 0.6 is 23.2 Å². The number of imide groups is 1. The average Bonchev–Trinajstić information content (AvgIpc) is 2.82. The molecule has 2 atom stereocenters. The Morgan fingerprint density at radius 1 is 1.14 bits per heavy atom. The summed E-state index contributed by atoms with van der Waals surface area (Å²) >= 11 is 12.1. The van der Waals surface area contributed by atoms with Crippen LogP contribution in [0.2, 0.25) is 10.0 Å². The third kappa shape index (κ3) is 7.58. The molecule has 2 aromatic carbocycles. The second kappa shape index (κ2) is 13.1. The van der Waals surface area contributed by atoms with Crippen LogP contribution in [0.25, 0.3) is 0 Å². The number of ether oxygens (including phenoxy) is 1. The second-order valence-corrected chi connectivity index (χ2v) is 8.76. The van der Waals surface area contributed by atoms with Gasteiger partial charge in [-0.05, 0) is 49.6 Å². The van der Waals surface area contributed by atoms with E-state index in [4.69, 9.17) is 39.4 Å². The number of amides is 2. The lowest BCUT2D eigenvalue weighted by Crippen LogP contribution is -2.68. The van der Waals surface area contributed by atoms with Gasteiger partial charge >= 0.3 is 5.97 Å². The second-order valence-electron chi connectivity index (χ2n) is 7.94. The molecule has 0 aliphatic carbocycles. The molecule has 36 heavy (non-hydrogen) atoms. The minimum Gasteiger partial charge on any atom is -0.481 e. The maximum atomic E-state index is 13.5. The number of carbonyl (C=O) groups excluding carboxylic acids is 2. The summed E-state index contributed by atoms with van der Waals surface area (Å²) in [4.78, 5) is 43.5. The molecule has 1 unspecified atom stereocenters. The molecule has 0 aromatic heterocycles. The highest BCUT2D eigenvalue weighted by molar-refractivity contribution is 6.42. The summed E-state index contributed by atoms with van der Waals surface area (Å²) in [5.41, 5.74) is 9.19. The fraction of sp³-hybridized carbons (Fsp3) is 0.333. The molecular formula is C24H29Cl2N5O5. The number of rotatable bonds is 12. The van der Waals surface area contributed by atoms with Crippen molar-refractivity contribution >= 4 is 46.9 Å². The van der Waals surface area contributed by atoms with Gasteiger partial charge in [0.15, 0.2) is 17.7 Å². The Hall–Kier alpha value is -3.34. The third-order valence-corrected chi connectivity index (χ3v) is 5.97. The van der Waals surface area contributed by atoms with Crippen LogP contribution in [-0.2, 0) is 20.9 Å². The predicted octanol–water partition coefficient (Wildman–Crippen LogP) is 2.76. The van der Waals surface area contributed by atoms with Crippen LogP contribution in [0.3, 0.4) is 0 Å². The Labute approximate surface area is 219 Å². The van der Waals surface area contributed by atoms with E-state index >= 15 is 0 Å². The van der Waals surface area contributed by atoms with E-state index in [1.54, 1.807) is 48.5 Å². The van der Waals surface area contributed by atoms with Crippen LogP contribution in [-0.4, -0.2) is 52.1 Å². The molecule has 0 fully saturated rings. The van der Waals surface area contributed by atoms with Crippen LogP contribution in [0.1, 0.15) is 32.3 Å². The highest BCUT2D eigenvalue weighted by atomic mass is 35.5. The summed E-state index contributed by atoms with van der Waals surface area (Å²) in [6, 6.07) is 13.3. The standard InChI is InChI=1S/C24H29Cl2N5O5/c1-15(36-18-7-4-3-5-8-18)21(33)31(16(2)32)24(22(34)35,11-6-12-29-23(27)28)30-14-17-9-10-19(25)20(26)13-17/h3-5,7-10,13,15,30H,6,11-12,14H2,1-2H3,(H,34,35)(H4,27,28,29)/t15?,24-/m0/s1. The van der Waals surface area contributed by atoms with E-state index in [0.29, 0.717) is 21.2 Å². The lowest BCUT2D eigenvalue weighted by atomic mass is 9.99. The van der Waals surface area contributed by atoms with Gasteiger partial charge in [-0.15, -0.1) is 0 Å². The van der Waals surface area contributed by atoms with Crippen LogP contribution in [0.4, 0.5) is 0 Å². The first kappa shape index (κ1) is 28.9. The van der Waals surface area contributed by atoms with Crippen molar-refractivity contribution in [3.05, 3.63) is 64.1 Å². The molecular weight excluding hydrogens is 509 g/mol. The number of nitrogens with zero attached hydrogens (tertiary/aromatic N) is 2. The average molecular weight is 538 g/mol. The van der Waals surface area contributed by atoms with Crippen molar-refractivity contribution in [2.24, 2.45) is 16.5 Å². The number of aliphatic carboxylic acids is 1. The minimum atomic E-state index is -2.14. The fourth-order valence-corrected chi connectivity index (χ4v) is 3.87. The topological polar surface area (TPSA) is 160 Å². The number of para-hydroxylation sites is 1. The van der Waals surface area contributed by atoms with Gasteiger partial charge in [-0.2, -0.15) is 0 Å². The maximum absolute atomic E-state index is 13.5. The number of benzene rings is 2.